The van der Waals surface area contributed by atoms with Gasteiger partial charge < -0.3 is 20.5 Å². The van der Waals surface area contributed by atoms with Gasteiger partial charge in [-0.2, -0.15) is 0 Å². The van der Waals surface area contributed by atoms with Crippen LogP contribution in [0.1, 0.15) is 49.8 Å². The quantitative estimate of drug-likeness (QED) is 0.504. The van der Waals surface area contributed by atoms with Gasteiger partial charge in [-0.25, -0.2) is 4.99 Å². The Morgan fingerprint density at radius 1 is 1.35 bits per heavy atom. The molecule has 0 saturated carbocycles. The van der Waals surface area contributed by atoms with Gasteiger partial charge in [-0.1, -0.05) is 37.3 Å². The van der Waals surface area contributed by atoms with Crippen molar-refractivity contribution >= 4 is 24.3 Å². The van der Waals surface area contributed by atoms with E-state index < -0.39 is 5.54 Å². The van der Waals surface area contributed by atoms with Crippen LogP contribution < -0.4 is 5.73 Å². The highest BCUT2D eigenvalue weighted by Crippen LogP contribution is 2.34. The molecule has 0 spiro atoms. The number of aliphatic imine (C=N–C) groups is 2. The minimum absolute atomic E-state index is 0.0415. The van der Waals surface area contributed by atoms with E-state index >= 15 is 0 Å². The van der Waals surface area contributed by atoms with Crippen LogP contribution in [0, 0.1) is 0 Å². The summed E-state index contributed by atoms with van der Waals surface area (Å²) in [7, 11) is 3.71. The van der Waals surface area contributed by atoms with Crippen LogP contribution >= 0.6 is 0 Å². The van der Waals surface area contributed by atoms with Crippen molar-refractivity contribution in [3.63, 3.8) is 0 Å². The third-order valence-corrected chi connectivity index (χ3v) is 6.35. The lowest BCUT2D eigenvalue weighted by atomic mass is 9.90. The molecule has 7 nitrogen and oxygen atoms in total. The van der Waals surface area contributed by atoms with Crippen LogP contribution in [0.3, 0.4) is 0 Å². The maximum Gasteiger partial charge on any atom is 0.243 e. The van der Waals surface area contributed by atoms with Gasteiger partial charge >= 0.3 is 0 Å². The summed E-state index contributed by atoms with van der Waals surface area (Å²) < 4.78 is 0. The molecule has 1 aromatic carbocycles. The van der Waals surface area contributed by atoms with Gasteiger partial charge in [0.1, 0.15) is 11.7 Å². The van der Waals surface area contributed by atoms with E-state index in [0.717, 1.165) is 30.8 Å². The summed E-state index contributed by atoms with van der Waals surface area (Å²) in [5.74, 6) is 1.51. The van der Waals surface area contributed by atoms with Crippen molar-refractivity contribution in [3.8, 4) is 0 Å². The molecule has 1 amide bonds. The molecule has 2 aromatic rings. The first-order chi connectivity index (χ1) is 14.9. The SMILES string of the molecule is C=Nc1[nH]ccc1/C(=N\C)N(C)CCC(N)(CC)C(=O)N1CCCC1c1ccccc1. The molecular formula is C24H34N6O. The number of amides is 1. The van der Waals surface area contributed by atoms with Gasteiger partial charge in [0.15, 0.2) is 0 Å². The first-order valence-electron chi connectivity index (χ1n) is 10.9. The molecule has 2 heterocycles. The van der Waals surface area contributed by atoms with E-state index in [0.29, 0.717) is 25.2 Å². The second kappa shape index (κ2) is 9.92. The van der Waals surface area contributed by atoms with Crippen LogP contribution in [0.4, 0.5) is 5.82 Å². The summed E-state index contributed by atoms with van der Waals surface area (Å²) in [6.07, 6.45) is 4.92. The zero-order valence-electron chi connectivity index (χ0n) is 18.8. The lowest BCUT2D eigenvalue weighted by Crippen LogP contribution is -2.56. The number of benzene rings is 1. The van der Waals surface area contributed by atoms with Crippen LogP contribution in [-0.2, 0) is 4.79 Å². The van der Waals surface area contributed by atoms with Gasteiger partial charge in [0.25, 0.3) is 0 Å². The number of hydrogen-bond donors (Lipinski definition) is 2. The fourth-order valence-electron chi connectivity index (χ4n) is 4.39. The standard InChI is InChI=1S/C24H34N6O/c1-5-24(25,14-17-29(4)22(27-3)19-13-15-28-21(19)26-2)23(31)30-16-9-12-20(30)18-10-7-6-8-11-18/h6-8,10-11,13,15,20,28H,2,5,9,12,14,16-17,25H2,1,3-4H3/b27-22+. The fraction of sp³-hybridized carbons (Fsp3) is 0.458. The van der Waals surface area contributed by atoms with Crippen LogP contribution in [-0.4, -0.2) is 66.0 Å². The summed E-state index contributed by atoms with van der Waals surface area (Å²) in [5, 5.41) is 0. The summed E-state index contributed by atoms with van der Waals surface area (Å²) in [6.45, 7) is 6.97. The van der Waals surface area contributed by atoms with Gasteiger partial charge in [0.05, 0.1) is 17.1 Å². The largest absolute Gasteiger partial charge is 0.359 e. The van der Waals surface area contributed by atoms with Crippen molar-refractivity contribution in [2.45, 2.75) is 44.2 Å². The third kappa shape index (κ3) is 4.71. The lowest BCUT2D eigenvalue weighted by molar-refractivity contribution is -0.138. The first-order valence-corrected chi connectivity index (χ1v) is 10.9. The van der Waals surface area contributed by atoms with Crippen molar-refractivity contribution in [3.05, 3.63) is 53.7 Å². The molecule has 0 radical (unpaired) electrons. The number of carbonyl (C=O) groups excluding carboxylic acids is 1. The van der Waals surface area contributed by atoms with E-state index in [1.54, 1.807) is 7.05 Å². The number of hydrogen-bond acceptors (Lipinski definition) is 4. The number of aromatic amines is 1. The Labute approximate surface area is 185 Å². The normalized spacial score (nSPS) is 18.6. The van der Waals surface area contributed by atoms with E-state index in [2.05, 4.69) is 33.8 Å². The monoisotopic (exact) mass is 422 g/mol. The molecule has 0 aliphatic carbocycles. The minimum atomic E-state index is -0.915. The average molecular weight is 423 g/mol. The molecule has 1 aromatic heterocycles. The van der Waals surface area contributed by atoms with Crippen molar-refractivity contribution in [2.75, 3.05) is 27.2 Å². The van der Waals surface area contributed by atoms with E-state index in [4.69, 9.17) is 5.73 Å². The Balaban J connectivity index is 1.72. The Morgan fingerprint density at radius 3 is 2.74 bits per heavy atom. The number of amidine groups is 1. The zero-order chi connectivity index (χ0) is 22.4. The van der Waals surface area contributed by atoms with Gasteiger partial charge in [0.2, 0.25) is 5.91 Å². The van der Waals surface area contributed by atoms with E-state index in [1.807, 2.05) is 54.2 Å². The molecular weight excluding hydrogens is 388 g/mol. The molecule has 1 fully saturated rings. The second-order valence-corrected chi connectivity index (χ2v) is 8.19. The van der Waals surface area contributed by atoms with Gasteiger partial charge in [-0.15, -0.1) is 0 Å². The van der Waals surface area contributed by atoms with Crippen molar-refractivity contribution in [1.82, 2.24) is 14.8 Å². The topological polar surface area (TPSA) is 90.1 Å². The number of aromatic nitrogens is 1. The third-order valence-electron chi connectivity index (χ3n) is 6.35. The number of nitrogens with two attached hydrogens (primary N) is 1. The number of likely N-dealkylation sites (tertiary alicyclic amines) is 1. The summed E-state index contributed by atoms with van der Waals surface area (Å²) in [4.78, 5) is 29.1. The molecule has 3 N–H and O–H groups in total. The summed E-state index contributed by atoms with van der Waals surface area (Å²) in [5.41, 5.74) is 7.88. The first kappa shape index (κ1) is 22.7. The number of carbonyl (C=O) groups is 1. The maximum absolute atomic E-state index is 13.6. The van der Waals surface area contributed by atoms with Gasteiger partial charge in [-0.3, -0.25) is 9.79 Å². The minimum Gasteiger partial charge on any atom is -0.359 e. The maximum atomic E-state index is 13.6. The molecule has 2 atom stereocenters. The number of rotatable bonds is 8. The molecule has 1 aliphatic rings. The zero-order valence-corrected chi connectivity index (χ0v) is 18.8. The highest BCUT2D eigenvalue weighted by molar-refractivity contribution is 6.02. The van der Waals surface area contributed by atoms with Crippen LogP contribution in [0.2, 0.25) is 0 Å². The van der Waals surface area contributed by atoms with Crippen LogP contribution in [0.25, 0.3) is 0 Å². The van der Waals surface area contributed by atoms with Crippen molar-refractivity contribution in [1.29, 1.82) is 0 Å². The predicted molar refractivity (Wildman–Crippen MR) is 127 cm³/mol. The Hall–Kier alpha value is -2.93. The molecule has 7 heteroatoms. The highest BCUT2D eigenvalue weighted by Gasteiger charge is 2.40. The van der Waals surface area contributed by atoms with Crippen molar-refractivity contribution in [2.24, 2.45) is 15.7 Å². The van der Waals surface area contributed by atoms with Gasteiger partial charge in [0, 0.05) is 33.4 Å². The number of H-pyrrole nitrogens is 1. The Bertz CT molecular complexity index is 921. The van der Waals surface area contributed by atoms with E-state index in [1.165, 1.54) is 5.56 Å². The van der Waals surface area contributed by atoms with E-state index in [9.17, 15) is 4.79 Å². The highest BCUT2D eigenvalue weighted by atomic mass is 16.2. The molecule has 2 unspecified atom stereocenters. The Morgan fingerprint density at radius 2 is 2.10 bits per heavy atom. The lowest BCUT2D eigenvalue weighted by Gasteiger charge is -2.36. The molecule has 0 bridgehead atoms. The molecule has 1 aliphatic heterocycles. The number of nitrogens with one attached hydrogen (secondary N) is 1. The molecule has 1 saturated heterocycles. The fourth-order valence-corrected chi connectivity index (χ4v) is 4.39. The van der Waals surface area contributed by atoms with Crippen LogP contribution in [0.5, 0.6) is 0 Å². The smallest absolute Gasteiger partial charge is 0.243 e. The molecule has 31 heavy (non-hydrogen) atoms. The summed E-state index contributed by atoms with van der Waals surface area (Å²) in [6, 6.07) is 12.3. The van der Waals surface area contributed by atoms with Crippen LogP contribution in [0.15, 0.2) is 52.6 Å². The average Bonchev–Trinajstić information content (AvgIpc) is 3.48. The van der Waals surface area contributed by atoms with Gasteiger partial charge in [-0.05, 0) is 44.0 Å². The molecule has 3 rings (SSSR count). The predicted octanol–water partition coefficient (Wildman–Crippen LogP) is 3.52. The Kier molecular flexibility index (Phi) is 7.28. The van der Waals surface area contributed by atoms with Crippen molar-refractivity contribution < 1.29 is 4.79 Å². The summed E-state index contributed by atoms with van der Waals surface area (Å²) >= 11 is 0. The van der Waals surface area contributed by atoms with E-state index in [-0.39, 0.29) is 11.9 Å². The number of nitrogens with zero attached hydrogens (tertiary/aromatic N) is 4. The molecule has 166 valence electrons. The second-order valence-electron chi connectivity index (χ2n) is 8.19.